The van der Waals surface area contributed by atoms with Crippen molar-refractivity contribution in [1.29, 1.82) is 0 Å². The summed E-state index contributed by atoms with van der Waals surface area (Å²) in [5.74, 6) is -7.72. The van der Waals surface area contributed by atoms with E-state index in [1.165, 1.54) is 24.3 Å². The van der Waals surface area contributed by atoms with E-state index in [1.807, 2.05) is 0 Å². The summed E-state index contributed by atoms with van der Waals surface area (Å²) >= 11 is 10.6. The lowest BCUT2D eigenvalue weighted by atomic mass is 9.73. The van der Waals surface area contributed by atoms with E-state index in [0.29, 0.717) is 11.4 Å². The second-order valence-electron chi connectivity index (χ2n) is 8.94. The molecule has 0 unspecified atom stereocenters. The van der Waals surface area contributed by atoms with Crippen molar-refractivity contribution in [3.8, 4) is 0 Å². The molecule has 0 radical (unpaired) electrons. The van der Waals surface area contributed by atoms with Crippen molar-refractivity contribution in [1.82, 2.24) is 10.6 Å². The van der Waals surface area contributed by atoms with E-state index in [-0.39, 0.29) is 21.5 Å². The van der Waals surface area contributed by atoms with Gasteiger partial charge >= 0.3 is 0 Å². The van der Waals surface area contributed by atoms with Crippen molar-refractivity contribution in [2.45, 2.75) is 5.92 Å². The Morgan fingerprint density at radius 1 is 0.675 bits per heavy atom. The van der Waals surface area contributed by atoms with Gasteiger partial charge in [0.25, 0.3) is 5.69 Å². The number of nitro groups is 1. The number of non-ortho nitro benzene ring substituents is 1. The van der Waals surface area contributed by atoms with Crippen molar-refractivity contribution in [2.75, 3.05) is 9.80 Å². The van der Waals surface area contributed by atoms with Gasteiger partial charge in [0, 0.05) is 18.1 Å². The molecular weight excluding hydrogens is 554 g/mol. The third kappa shape index (κ3) is 4.72. The summed E-state index contributed by atoms with van der Waals surface area (Å²) in [7, 11) is 0. The van der Waals surface area contributed by atoms with Crippen LogP contribution < -0.4 is 20.4 Å². The first-order valence-corrected chi connectivity index (χ1v) is 12.7. The number of nitrogens with zero attached hydrogens (tertiary/aromatic N) is 3. The van der Waals surface area contributed by atoms with Crippen LogP contribution in [0.25, 0.3) is 0 Å². The summed E-state index contributed by atoms with van der Waals surface area (Å²) in [5, 5.41) is 16.0. The molecule has 2 heterocycles. The Labute approximate surface area is 237 Å². The fourth-order valence-corrected chi connectivity index (χ4v) is 5.44. The molecule has 11 nitrogen and oxygen atoms in total. The molecule has 4 amide bonds. The number of hydrogen-bond acceptors (Lipinski definition) is 8. The zero-order valence-electron chi connectivity index (χ0n) is 20.4. The molecule has 2 saturated heterocycles. The molecule has 40 heavy (non-hydrogen) atoms. The highest BCUT2D eigenvalue weighted by molar-refractivity contribution is 7.80. The lowest BCUT2D eigenvalue weighted by Crippen LogP contribution is -2.64. The maximum absolute atomic E-state index is 14.0. The van der Waals surface area contributed by atoms with Crippen LogP contribution in [0.4, 0.5) is 17.1 Å². The van der Waals surface area contributed by atoms with E-state index in [9.17, 15) is 29.3 Å². The quantitative estimate of drug-likeness (QED) is 0.198. The standard InChI is InChI=1S/C27H19N5O6S2/c33-22-20(24(35)30(26(39)28-22)16-7-3-1-4-8-16)19(15-11-13-18(14-12-15)32(37)38)21-23(34)29-27(40)31(25(21)36)17-9-5-2-6-10-17/h1-14,19-21H,(H,28,33,39)(H,29,34,40)/t20-,21-/m0/s1. The lowest BCUT2D eigenvalue weighted by Gasteiger charge is -2.41. The molecule has 2 N–H and O–H groups in total. The molecule has 0 aliphatic carbocycles. The van der Waals surface area contributed by atoms with E-state index < -0.39 is 46.3 Å². The second-order valence-corrected chi connectivity index (χ2v) is 9.71. The molecule has 2 atom stereocenters. The van der Waals surface area contributed by atoms with Crippen LogP contribution in [0.5, 0.6) is 0 Å². The summed E-state index contributed by atoms with van der Waals surface area (Å²) in [6.07, 6.45) is 0. The molecule has 2 fully saturated rings. The Bertz CT molecular complexity index is 1480. The van der Waals surface area contributed by atoms with Crippen molar-refractivity contribution >= 4 is 75.4 Å². The minimum Gasteiger partial charge on any atom is -0.302 e. The fourth-order valence-electron chi connectivity index (χ4n) is 4.85. The lowest BCUT2D eigenvalue weighted by molar-refractivity contribution is -0.384. The number of amides is 4. The normalized spacial score (nSPS) is 19.5. The van der Waals surface area contributed by atoms with Crippen LogP contribution in [0.1, 0.15) is 11.5 Å². The average Bonchev–Trinajstić information content (AvgIpc) is 2.93. The number of nitro benzene ring substituents is 1. The number of thiocarbonyl (C=S) groups is 2. The van der Waals surface area contributed by atoms with Gasteiger partial charge in [0.2, 0.25) is 23.6 Å². The zero-order valence-corrected chi connectivity index (χ0v) is 22.1. The molecule has 0 bridgehead atoms. The first kappa shape index (κ1) is 26.7. The smallest absolute Gasteiger partial charge is 0.269 e. The predicted octanol–water partition coefficient (Wildman–Crippen LogP) is 2.81. The first-order valence-electron chi connectivity index (χ1n) is 11.9. The molecule has 200 valence electrons. The van der Waals surface area contributed by atoms with Gasteiger partial charge in [0.1, 0.15) is 11.8 Å². The van der Waals surface area contributed by atoms with Gasteiger partial charge in [-0.25, -0.2) is 0 Å². The van der Waals surface area contributed by atoms with E-state index in [1.54, 1.807) is 60.7 Å². The maximum atomic E-state index is 14.0. The van der Waals surface area contributed by atoms with Crippen LogP contribution in [-0.4, -0.2) is 38.8 Å². The third-order valence-corrected chi connectivity index (χ3v) is 7.21. The summed E-state index contributed by atoms with van der Waals surface area (Å²) in [6, 6.07) is 21.7. The number of hydrogen-bond donors (Lipinski definition) is 2. The highest BCUT2D eigenvalue weighted by atomic mass is 32.1. The van der Waals surface area contributed by atoms with E-state index >= 15 is 0 Å². The molecule has 3 aromatic rings. The highest BCUT2D eigenvalue weighted by Crippen LogP contribution is 2.40. The zero-order chi connectivity index (χ0) is 28.6. The average molecular weight is 574 g/mol. The maximum Gasteiger partial charge on any atom is 0.269 e. The van der Waals surface area contributed by atoms with Crippen LogP contribution >= 0.6 is 24.4 Å². The Kier molecular flexibility index (Phi) is 7.15. The van der Waals surface area contributed by atoms with Gasteiger partial charge in [-0.15, -0.1) is 0 Å². The van der Waals surface area contributed by atoms with E-state index in [2.05, 4.69) is 10.6 Å². The monoisotopic (exact) mass is 573 g/mol. The Balaban J connectivity index is 1.65. The number of carbonyl (C=O) groups is 4. The first-order chi connectivity index (χ1) is 19.2. The number of benzene rings is 3. The SMILES string of the molecule is O=C1NC(=S)N(c2ccccc2)C(=O)[C@H]1C(c1ccc([N+](=O)[O-])cc1)[C@H]1C(=O)NC(=S)N(c2ccccc2)C1=O. The summed E-state index contributed by atoms with van der Waals surface area (Å²) in [4.78, 5) is 67.8. The van der Waals surface area contributed by atoms with Gasteiger partial charge < -0.3 is 10.6 Å². The second kappa shape index (κ2) is 10.7. The number of nitrogens with one attached hydrogen (secondary N) is 2. The van der Waals surface area contributed by atoms with Crippen molar-refractivity contribution in [3.63, 3.8) is 0 Å². The van der Waals surface area contributed by atoms with Crippen LogP contribution in [0.15, 0.2) is 84.9 Å². The molecule has 13 heteroatoms. The molecule has 0 saturated carbocycles. The Hall–Kier alpha value is -4.88. The molecule has 3 aromatic carbocycles. The van der Waals surface area contributed by atoms with Crippen LogP contribution in [-0.2, 0) is 19.2 Å². The van der Waals surface area contributed by atoms with Crippen LogP contribution in [0, 0.1) is 22.0 Å². The number of rotatable bonds is 6. The van der Waals surface area contributed by atoms with Crippen molar-refractivity contribution in [2.24, 2.45) is 11.8 Å². The molecule has 5 rings (SSSR count). The Morgan fingerprint density at radius 2 is 1.07 bits per heavy atom. The van der Waals surface area contributed by atoms with Gasteiger partial charge in [-0.1, -0.05) is 48.5 Å². The van der Waals surface area contributed by atoms with Gasteiger partial charge in [-0.2, -0.15) is 0 Å². The van der Waals surface area contributed by atoms with Crippen LogP contribution in [0.3, 0.4) is 0 Å². The minimum absolute atomic E-state index is 0.161. The minimum atomic E-state index is -1.60. The van der Waals surface area contributed by atoms with Gasteiger partial charge in [0.15, 0.2) is 10.2 Å². The van der Waals surface area contributed by atoms with E-state index in [0.717, 1.165) is 9.80 Å². The van der Waals surface area contributed by atoms with Crippen molar-refractivity contribution in [3.05, 3.63) is 101 Å². The van der Waals surface area contributed by atoms with Gasteiger partial charge in [-0.05, 0) is 54.3 Å². The number of carbonyl (C=O) groups excluding carboxylic acids is 4. The third-order valence-electron chi connectivity index (χ3n) is 6.64. The largest absolute Gasteiger partial charge is 0.302 e. The fraction of sp³-hybridized carbons (Fsp3) is 0.111. The topological polar surface area (TPSA) is 142 Å². The summed E-state index contributed by atoms with van der Waals surface area (Å²) < 4.78 is 0. The Morgan fingerprint density at radius 3 is 1.45 bits per heavy atom. The molecule has 0 aromatic heterocycles. The van der Waals surface area contributed by atoms with E-state index in [4.69, 9.17) is 24.4 Å². The summed E-state index contributed by atoms with van der Waals surface area (Å²) in [6.45, 7) is 0. The van der Waals surface area contributed by atoms with Gasteiger partial charge in [0.05, 0.1) is 16.3 Å². The van der Waals surface area contributed by atoms with Crippen molar-refractivity contribution < 1.29 is 24.1 Å². The van der Waals surface area contributed by atoms with Crippen LogP contribution in [0.2, 0.25) is 0 Å². The number of para-hydroxylation sites is 2. The van der Waals surface area contributed by atoms with Gasteiger partial charge in [-0.3, -0.25) is 39.1 Å². The number of anilines is 2. The molecule has 0 spiro atoms. The molecule has 2 aliphatic heterocycles. The molecular formula is C27H19N5O6S2. The highest BCUT2D eigenvalue weighted by Gasteiger charge is 2.53. The summed E-state index contributed by atoms with van der Waals surface area (Å²) in [5.41, 5.74) is 0.683. The predicted molar refractivity (Wildman–Crippen MR) is 152 cm³/mol. The molecule has 2 aliphatic rings.